The molecule has 0 amide bonds. The molecular formula is C18H18Cl2O2. The molecule has 0 radical (unpaired) electrons. The maximum atomic E-state index is 11.5. The maximum Gasteiger partial charge on any atom is 0.324 e. The van der Waals surface area contributed by atoms with Gasteiger partial charge in [0.25, 0.3) is 0 Å². The number of hydrogen-bond donors (Lipinski definition) is 0. The number of rotatable bonds is 6. The zero-order chi connectivity index (χ0) is 15.9. The van der Waals surface area contributed by atoms with Gasteiger partial charge in [-0.2, -0.15) is 0 Å². The van der Waals surface area contributed by atoms with E-state index in [1.54, 1.807) is 6.92 Å². The zero-order valence-corrected chi connectivity index (χ0v) is 13.9. The van der Waals surface area contributed by atoms with Crippen LogP contribution in [0.5, 0.6) is 0 Å². The Bertz CT molecular complexity index is 626. The molecule has 0 aromatic heterocycles. The summed E-state index contributed by atoms with van der Waals surface area (Å²) in [5.74, 6) is -0.365. The Morgan fingerprint density at radius 3 is 2.55 bits per heavy atom. The van der Waals surface area contributed by atoms with Gasteiger partial charge in [-0.25, -0.2) is 0 Å². The van der Waals surface area contributed by atoms with Crippen molar-refractivity contribution in [2.75, 3.05) is 6.61 Å². The summed E-state index contributed by atoms with van der Waals surface area (Å²) in [4.78, 5) is 11.5. The topological polar surface area (TPSA) is 26.3 Å². The first-order valence-corrected chi connectivity index (χ1v) is 8.07. The molecule has 2 rings (SSSR count). The lowest BCUT2D eigenvalue weighted by Gasteiger charge is -2.10. The number of ether oxygens (including phenoxy) is 1. The molecule has 0 bridgehead atoms. The van der Waals surface area contributed by atoms with Gasteiger partial charge in [0.15, 0.2) is 0 Å². The monoisotopic (exact) mass is 336 g/mol. The second-order valence-corrected chi connectivity index (χ2v) is 5.87. The number of benzene rings is 2. The molecular weight excluding hydrogens is 319 g/mol. The van der Waals surface area contributed by atoms with Crippen molar-refractivity contribution in [2.45, 2.75) is 25.1 Å². The number of esters is 1. The molecule has 4 heteroatoms. The molecule has 2 aromatic rings. The number of aryl methyl sites for hydroxylation is 1. The van der Waals surface area contributed by atoms with Crippen molar-refractivity contribution in [3.05, 3.63) is 59.1 Å². The third-order valence-electron chi connectivity index (χ3n) is 3.35. The van der Waals surface area contributed by atoms with E-state index in [1.807, 2.05) is 48.5 Å². The SMILES string of the molecule is CCOC(=O)C(Cl)CCc1ccc(-c2ccccc2)c(Cl)c1. The molecule has 0 saturated heterocycles. The molecule has 0 saturated carbocycles. The van der Waals surface area contributed by atoms with E-state index in [-0.39, 0.29) is 5.97 Å². The van der Waals surface area contributed by atoms with Crippen LogP contribution in [0.4, 0.5) is 0 Å². The average molecular weight is 337 g/mol. The van der Waals surface area contributed by atoms with Gasteiger partial charge >= 0.3 is 5.97 Å². The van der Waals surface area contributed by atoms with E-state index in [2.05, 4.69) is 0 Å². The predicted molar refractivity (Wildman–Crippen MR) is 91.5 cm³/mol. The van der Waals surface area contributed by atoms with Crippen LogP contribution in [0, 0.1) is 0 Å². The van der Waals surface area contributed by atoms with Gasteiger partial charge in [0.2, 0.25) is 0 Å². The molecule has 0 aliphatic carbocycles. The predicted octanol–water partition coefficient (Wildman–Crippen LogP) is 5.11. The van der Waals surface area contributed by atoms with E-state index >= 15 is 0 Å². The van der Waals surface area contributed by atoms with Crippen molar-refractivity contribution >= 4 is 29.2 Å². The lowest BCUT2D eigenvalue weighted by Crippen LogP contribution is -2.18. The molecule has 22 heavy (non-hydrogen) atoms. The van der Waals surface area contributed by atoms with E-state index in [0.29, 0.717) is 24.5 Å². The van der Waals surface area contributed by atoms with Crippen LogP contribution in [0.2, 0.25) is 5.02 Å². The van der Waals surface area contributed by atoms with E-state index in [9.17, 15) is 4.79 Å². The van der Waals surface area contributed by atoms with Gasteiger partial charge in [0, 0.05) is 10.6 Å². The highest BCUT2D eigenvalue weighted by Crippen LogP contribution is 2.29. The quantitative estimate of drug-likeness (QED) is 0.541. The van der Waals surface area contributed by atoms with Crippen LogP contribution in [0.25, 0.3) is 11.1 Å². The zero-order valence-electron chi connectivity index (χ0n) is 12.4. The Labute approximate surface area is 141 Å². The number of halogens is 2. The lowest BCUT2D eigenvalue weighted by molar-refractivity contribution is -0.142. The number of hydrogen-bond acceptors (Lipinski definition) is 2. The fourth-order valence-electron chi connectivity index (χ4n) is 2.21. The highest BCUT2D eigenvalue weighted by molar-refractivity contribution is 6.33. The molecule has 2 nitrogen and oxygen atoms in total. The number of carbonyl (C=O) groups excluding carboxylic acids is 1. The largest absolute Gasteiger partial charge is 0.465 e. The van der Waals surface area contributed by atoms with E-state index in [0.717, 1.165) is 16.7 Å². The van der Waals surface area contributed by atoms with E-state index in [1.165, 1.54) is 0 Å². The van der Waals surface area contributed by atoms with Gasteiger partial charge in [-0.05, 0) is 37.0 Å². The van der Waals surface area contributed by atoms with Crippen LogP contribution in [-0.4, -0.2) is 18.0 Å². The molecule has 0 heterocycles. The maximum absolute atomic E-state index is 11.5. The van der Waals surface area contributed by atoms with Gasteiger partial charge in [-0.1, -0.05) is 54.1 Å². The lowest BCUT2D eigenvalue weighted by atomic mass is 10.0. The van der Waals surface area contributed by atoms with Crippen molar-refractivity contribution < 1.29 is 9.53 Å². The average Bonchev–Trinajstić information content (AvgIpc) is 2.53. The Morgan fingerprint density at radius 1 is 1.18 bits per heavy atom. The second kappa shape index (κ2) is 8.21. The van der Waals surface area contributed by atoms with Gasteiger partial charge in [0.05, 0.1) is 6.61 Å². The van der Waals surface area contributed by atoms with E-state index < -0.39 is 5.38 Å². The minimum absolute atomic E-state index is 0.347. The fraction of sp³-hybridized carbons (Fsp3) is 0.278. The smallest absolute Gasteiger partial charge is 0.324 e. The van der Waals surface area contributed by atoms with Crippen LogP contribution in [0.15, 0.2) is 48.5 Å². The van der Waals surface area contributed by atoms with Crippen LogP contribution in [0.3, 0.4) is 0 Å². The fourth-order valence-corrected chi connectivity index (χ4v) is 2.69. The minimum atomic E-state index is -0.618. The third kappa shape index (κ3) is 4.49. The summed E-state index contributed by atoms with van der Waals surface area (Å²) in [6.45, 7) is 2.11. The molecule has 0 fully saturated rings. The molecule has 0 N–H and O–H groups in total. The van der Waals surface area contributed by atoms with Gasteiger partial charge in [-0.3, -0.25) is 4.79 Å². The summed E-state index contributed by atoms with van der Waals surface area (Å²) in [6, 6.07) is 15.9. The van der Waals surface area contributed by atoms with Gasteiger partial charge in [-0.15, -0.1) is 11.6 Å². The van der Waals surface area contributed by atoms with Crippen molar-refractivity contribution in [3.63, 3.8) is 0 Å². The first kappa shape index (κ1) is 16.9. The van der Waals surface area contributed by atoms with Crippen molar-refractivity contribution in [3.8, 4) is 11.1 Å². The van der Waals surface area contributed by atoms with Gasteiger partial charge < -0.3 is 4.74 Å². The summed E-state index contributed by atoms with van der Waals surface area (Å²) in [7, 11) is 0. The number of alkyl halides is 1. The Hall–Kier alpha value is -1.51. The summed E-state index contributed by atoms with van der Waals surface area (Å²) in [6.07, 6.45) is 1.21. The molecule has 2 aromatic carbocycles. The first-order chi connectivity index (χ1) is 10.6. The second-order valence-electron chi connectivity index (χ2n) is 4.94. The first-order valence-electron chi connectivity index (χ1n) is 7.26. The number of carbonyl (C=O) groups is 1. The molecule has 116 valence electrons. The van der Waals surface area contributed by atoms with Crippen LogP contribution < -0.4 is 0 Å². The Balaban J connectivity index is 2.03. The highest BCUT2D eigenvalue weighted by atomic mass is 35.5. The van der Waals surface area contributed by atoms with Crippen LogP contribution >= 0.6 is 23.2 Å². The molecule has 0 aliphatic rings. The minimum Gasteiger partial charge on any atom is -0.465 e. The van der Waals surface area contributed by atoms with Crippen LogP contribution in [-0.2, 0) is 16.0 Å². The highest BCUT2D eigenvalue weighted by Gasteiger charge is 2.16. The molecule has 1 atom stereocenters. The summed E-state index contributed by atoms with van der Waals surface area (Å²) in [5.41, 5.74) is 3.14. The van der Waals surface area contributed by atoms with Crippen molar-refractivity contribution in [1.82, 2.24) is 0 Å². The third-order valence-corrected chi connectivity index (χ3v) is 4.06. The Morgan fingerprint density at radius 2 is 1.91 bits per heavy atom. The molecule has 1 unspecified atom stereocenters. The van der Waals surface area contributed by atoms with Gasteiger partial charge in [0.1, 0.15) is 5.38 Å². The molecule has 0 aliphatic heterocycles. The molecule has 0 spiro atoms. The Kier molecular flexibility index (Phi) is 6.29. The summed E-state index contributed by atoms with van der Waals surface area (Å²) < 4.78 is 4.90. The van der Waals surface area contributed by atoms with E-state index in [4.69, 9.17) is 27.9 Å². The standard InChI is InChI=1S/C18H18Cl2O2/c1-2-22-18(21)16(19)11-9-13-8-10-15(17(20)12-13)14-6-4-3-5-7-14/h3-8,10,12,16H,2,9,11H2,1H3. The summed E-state index contributed by atoms with van der Waals surface area (Å²) >= 11 is 12.4. The summed E-state index contributed by atoms with van der Waals surface area (Å²) in [5, 5.41) is 0.0819. The normalized spacial score (nSPS) is 12.0. The van der Waals surface area contributed by atoms with Crippen molar-refractivity contribution in [2.24, 2.45) is 0 Å². The van der Waals surface area contributed by atoms with Crippen LogP contribution in [0.1, 0.15) is 18.9 Å². The van der Waals surface area contributed by atoms with Crippen molar-refractivity contribution in [1.29, 1.82) is 0 Å².